The Bertz CT molecular complexity index is 1190. The predicted octanol–water partition coefficient (Wildman–Crippen LogP) is 3.75. The van der Waals surface area contributed by atoms with Gasteiger partial charge in [0, 0.05) is 43.1 Å². The summed E-state index contributed by atoms with van der Waals surface area (Å²) in [6.07, 6.45) is 0.198. The Labute approximate surface area is 202 Å². The molecule has 0 saturated carbocycles. The number of piperazine rings is 1. The van der Waals surface area contributed by atoms with Gasteiger partial charge < -0.3 is 14.7 Å². The van der Waals surface area contributed by atoms with E-state index < -0.39 is 5.25 Å². The largest absolute Gasteiger partial charge is 0.340 e. The Morgan fingerprint density at radius 3 is 2.65 bits per heavy atom. The topological polar surface area (TPSA) is 91.6 Å². The van der Waals surface area contributed by atoms with Crippen molar-refractivity contribution in [2.24, 2.45) is 0 Å². The van der Waals surface area contributed by atoms with Crippen LogP contribution in [0.15, 0.2) is 57.9 Å². The lowest BCUT2D eigenvalue weighted by molar-refractivity contribution is -0.134. The zero-order valence-corrected chi connectivity index (χ0v) is 20.0. The van der Waals surface area contributed by atoms with Crippen molar-refractivity contribution < 1.29 is 14.1 Å². The summed E-state index contributed by atoms with van der Waals surface area (Å²) < 4.78 is 5.55. The molecule has 1 saturated heterocycles. The number of benzene rings is 2. The number of hydrogen-bond acceptors (Lipinski definition) is 7. The van der Waals surface area contributed by atoms with E-state index in [-0.39, 0.29) is 24.3 Å². The number of aryl methyl sites for hydroxylation is 1. The quantitative estimate of drug-likeness (QED) is 0.598. The van der Waals surface area contributed by atoms with Gasteiger partial charge in [0.15, 0.2) is 0 Å². The van der Waals surface area contributed by atoms with E-state index in [4.69, 9.17) is 4.52 Å². The number of nitrogens with zero attached hydrogens (tertiary/aromatic N) is 4. The van der Waals surface area contributed by atoms with Crippen LogP contribution in [0.1, 0.15) is 30.8 Å². The van der Waals surface area contributed by atoms with E-state index in [0.29, 0.717) is 37.9 Å². The number of aromatic nitrogens is 2. The van der Waals surface area contributed by atoms with Gasteiger partial charge in [-0.1, -0.05) is 47.1 Å². The smallest absolute Gasteiger partial charge is 0.244 e. The van der Waals surface area contributed by atoms with Crippen LogP contribution in [0.3, 0.4) is 0 Å². The molecule has 34 heavy (non-hydrogen) atoms. The molecule has 5 rings (SSSR count). The molecular formula is C25H27N5O3S. The van der Waals surface area contributed by atoms with Crippen molar-refractivity contribution in [2.45, 2.75) is 36.5 Å². The van der Waals surface area contributed by atoms with Gasteiger partial charge in [-0.2, -0.15) is 4.98 Å². The van der Waals surface area contributed by atoms with Crippen molar-refractivity contribution in [2.75, 3.05) is 31.5 Å². The van der Waals surface area contributed by atoms with Crippen LogP contribution in [-0.4, -0.2) is 63.2 Å². The first-order chi connectivity index (χ1) is 16.5. The van der Waals surface area contributed by atoms with Crippen LogP contribution < -0.4 is 5.32 Å². The van der Waals surface area contributed by atoms with E-state index in [1.807, 2.05) is 67.3 Å². The molecule has 3 aromatic rings. The van der Waals surface area contributed by atoms with Gasteiger partial charge in [0.1, 0.15) is 0 Å². The number of hydrogen-bond donors (Lipinski definition) is 1. The normalized spacial score (nSPS) is 19.4. The van der Waals surface area contributed by atoms with E-state index in [1.165, 1.54) is 17.3 Å². The Morgan fingerprint density at radius 2 is 1.88 bits per heavy atom. The lowest BCUT2D eigenvalue weighted by Crippen LogP contribution is -2.50. The van der Waals surface area contributed by atoms with Crippen LogP contribution in [0.2, 0.25) is 0 Å². The fourth-order valence-corrected chi connectivity index (χ4v) is 5.36. The number of fused-ring (bicyclic) bond motifs is 1. The maximum atomic E-state index is 12.9. The molecule has 0 spiro atoms. The van der Waals surface area contributed by atoms with Gasteiger partial charge >= 0.3 is 0 Å². The Morgan fingerprint density at radius 1 is 1.15 bits per heavy atom. The van der Waals surface area contributed by atoms with Crippen molar-refractivity contribution in [3.05, 3.63) is 60.0 Å². The zero-order chi connectivity index (χ0) is 23.7. The summed E-state index contributed by atoms with van der Waals surface area (Å²) in [6, 6.07) is 15.7. The number of amides is 2. The van der Waals surface area contributed by atoms with Crippen LogP contribution in [0.4, 0.5) is 5.69 Å². The number of anilines is 1. The highest BCUT2D eigenvalue weighted by Crippen LogP contribution is 2.37. The molecule has 0 bridgehead atoms. The van der Waals surface area contributed by atoms with Gasteiger partial charge in [0.2, 0.25) is 23.5 Å². The van der Waals surface area contributed by atoms with Crippen LogP contribution in [0, 0.1) is 6.92 Å². The number of thioether (sulfide) groups is 1. The molecule has 0 radical (unpaired) electrons. The number of carbonyl (C=O) groups excluding carboxylic acids is 2. The van der Waals surface area contributed by atoms with E-state index in [1.54, 1.807) is 0 Å². The van der Waals surface area contributed by atoms with Crippen LogP contribution in [-0.2, 0) is 9.59 Å². The van der Waals surface area contributed by atoms with Gasteiger partial charge in [-0.25, -0.2) is 0 Å². The monoisotopic (exact) mass is 477 g/mol. The molecule has 0 aliphatic carbocycles. The summed E-state index contributed by atoms with van der Waals surface area (Å²) >= 11 is 1.46. The molecule has 8 nitrogen and oxygen atoms in total. The first-order valence-corrected chi connectivity index (χ1v) is 12.3. The molecule has 2 aliphatic rings. The van der Waals surface area contributed by atoms with Crippen molar-refractivity contribution in [1.29, 1.82) is 0 Å². The van der Waals surface area contributed by atoms with Gasteiger partial charge in [-0.15, -0.1) is 11.8 Å². The maximum absolute atomic E-state index is 12.9. The summed E-state index contributed by atoms with van der Waals surface area (Å²) in [5, 5.41) is 6.65. The molecule has 1 fully saturated rings. The second-order valence-electron chi connectivity index (χ2n) is 8.71. The van der Waals surface area contributed by atoms with Crippen molar-refractivity contribution in [3.8, 4) is 11.4 Å². The minimum Gasteiger partial charge on any atom is -0.340 e. The minimum atomic E-state index is -0.405. The molecule has 2 aromatic carbocycles. The lowest BCUT2D eigenvalue weighted by atomic mass is 10.1. The third-order valence-corrected chi connectivity index (χ3v) is 7.67. The van der Waals surface area contributed by atoms with Crippen LogP contribution in [0.5, 0.6) is 0 Å². The number of carbonyl (C=O) groups is 2. The van der Waals surface area contributed by atoms with E-state index in [0.717, 1.165) is 16.1 Å². The third kappa shape index (κ3) is 4.71. The molecule has 1 N–H and O–H groups in total. The average Bonchev–Trinajstić information content (AvgIpc) is 3.35. The van der Waals surface area contributed by atoms with Crippen molar-refractivity contribution >= 4 is 29.3 Å². The Kier molecular flexibility index (Phi) is 6.38. The summed E-state index contributed by atoms with van der Waals surface area (Å²) in [5.41, 5.74) is 2.92. The van der Waals surface area contributed by atoms with E-state index in [2.05, 4.69) is 20.4 Å². The maximum Gasteiger partial charge on any atom is 0.244 e. The summed E-state index contributed by atoms with van der Waals surface area (Å²) in [7, 11) is 0. The summed E-state index contributed by atoms with van der Waals surface area (Å²) in [6.45, 7) is 6.73. The highest BCUT2D eigenvalue weighted by atomic mass is 32.2. The van der Waals surface area contributed by atoms with Gasteiger partial charge in [0.25, 0.3) is 0 Å². The lowest BCUT2D eigenvalue weighted by Gasteiger charge is -2.37. The van der Waals surface area contributed by atoms with Gasteiger partial charge in [-0.05, 0) is 26.0 Å². The molecule has 1 aromatic heterocycles. The molecule has 9 heteroatoms. The number of para-hydroxylation sites is 1. The molecule has 3 heterocycles. The third-order valence-electron chi connectivity index (χ3n) is 6.39. The SMILES string of the molecule is Cc1ccc(-c2noc(C(C)N3CCN(C(=O)CC4Sc5ccccc5NC4=O)CC3)n2)cc1. The van der Waals surface area contributed by atoms with E-state index in [9.17, 15) is 9.59 Å². The first kappa shape index (κ1) is 22.6. The van der Waals surface area contributed by atoms with Crippen molar-refractivity contribution in [1.82, 2.24) is 19.9 Å². The Balaban J connectivity index is 1.15. The first-order valence-electron chi connectivity index (χ1n) is 11.5. The van der Waals surface area contributed by atoms with Crippen LogP contribution in [0.25, 0.3) is 11.4 Å². The second-order valence-corrected chi connectivity index (χ2v) is 9.96. The molecule has 2 amide bonds. The zero-order valence-electron chi connectivity index (χ0n) is 19.2. The number of nitrogens with one attached hydrogen (secondary N) is 1. The molecule has 176 valence electrons. The minimum absolute atomic E-state index is 0.0128. The fraction of sp³-hybridized carbons (Fsp3) is 0.360. The summed E-state index contributed by atoms with van der Waals surface area (Å²) in [5.74, 6) is 1.06. The highest BCUT2D eigenvalue weighted by molar-refractivity contribution is 8.01. The average molecular weight is 478 g/mol. The number of rotatable bonds is 5. The molecule has 2 aliphatic heterocycles. The predicted molar refractivity (Wildman–Crippen MR) is 130 cm³/mol. The Hall–Kier alpha value is -3.17. The summed E-state index contributed by atoms with van der Waals surface area (Å²) in [4.78, 5) is 35.1. The van der Waals surface area contributed by atoms with Crippen molar-refractivity contribution in [3.63, 3.8) is 0 Å². The van der Waals surface area contributed by atoms with Crippen LogP contribution >= 0.6 is 11.8 Å². The second kappa shape index (κ2) is 9.60. The van der Waals surface area contributed by atoms with Gasteiger partial charge in [0.05, 0.1) is 17.0 Å². The fourth-order valence-electron chi connectivity index (χ4n) is 4.25. The highest BCUT2D eigenvalue weighted by Gasteiger charge is 2.32. The molecule has 2 atom stereocenters. The molecule has 2 unspecified atom stereocenters. The van der Waals surface area contributed by atoms with Gasteiger partial charge in [-0.3, -0.25) is 14.5 Å². The molecular weight excluding hydrogens is 450 g/mol. The van der Waals surface area contributed by atoms with E-state index >= 15 is 0 Å². The standard InChI is InChI=1S/C25H27N5O3S/c1-16-7-9-18(10-8-16)23-27-25(33-28-23)17(2)29-11-13-30(14-12-29)22(31)15-21-24(32)26-19-5-3-4-6-20(19)34-21/h3-10,17,21H,11-15H2,1-2H3,(H,26,32).